The molecule has 0 spiro atoms. The van der Waals surface area contributed by atoms with Crippen molar-refractivity contribution >= 4 is 23.5 Å². The van der Waals surface area contributed by atoms with Crippen LogP contribution in [0, 0.1) is 16.0 Å². The van der Waals surface area contributed by atoms with Crippen molar-refractivity contribution in [3.8, 4) is 28.4 Å². The average molecular weight is 492 g/mol. The maximum Gasteiger partial charge on any atom is 0.273 e. The van der Waals surface area contributed by atoms with Crippen LogP contribution in [0.2, 0.25) is 0 Å². The normalized spacial score (nSPS) is 14.2. The zero-order valence-corrected chi connectivity index (χ0v) is 20.9. The third kappa shape index (κ3) is 4.51. The summed E-state index contributed by atoms with van der Waals surface area (Å²) >= 11 is 0. The first kappa shape index (κ1) is 24.8. The van der Waals surface area contributed by atoms with Crippen molar-refractivity contribution in [1.29, 1.82) is 0 Å². The van der Waals surface area contributed by atoms with Crippen molar-refractivity contribution in [1.82, 2.24) is 4.57 Å². The predicted octanol–water partition coefficient (Wildman–Crippen LogP) is 5.63. The minimum absolute atomic E-state index is 0.0282. The fraction of sp³-hybridized carbons (Fsp3) is 0.296. The first-order valence-electron chi connectivity index (χ1n) is 11.7. The van der Waals surface area contributed by atoms with Gasteiger partial charge in [-0.15, -0.1) is 0 Å². The Morgan fingerprint density at radius 1 is 1.11 bits per heavy atom. The van der Waals surface area contributed by atoms with E-state index in [2.05, 4.69) is 25.2 Å². The van der Waals surface area contributed by atoms with Crippen LogP contribution in [0.25, 0.3) is 17.2 Å². The van der Waals surface area contributed by atoms with E-state index in [1.807, 2.05) is 24.3 Å². The molecule has 1 aliphatic heterocycles. The van der Waals surface area contributed by atoms with Crippen LogP contribution in [0.3, 0.4) is 0 Å². The Morgan fingerprint density at radius 2 is 1.86 bits per heavy atom. The van der Waals surface area contributed by atoms with E-state index in [9.17, 15) is 14.9 Å². The van der Waals surface area contributed by atoms with Gasteiger partial charge in [-0.3, -0.25) is 19.5 Å². The lowest BCUT2D eigenvalue weighted by molar-refractivity contribution is -0.384. The molecule has 1 aliphatic rings. The van der Waals surface area contributed by atoms with E-state index in [4.69, 9.17) is 14.2 Å². The largest absolute Gasteiger partial charge is 0.493 e. The number of carbonyl (C=O) groups excluding carboxylic acids is 1. The summed E-state index contributed by atoms with van der Waals surface area (Å²) in [6, 6.07) is 9.65. The molecule has 2 heterocycles. The van der Waals surface area contributed by atoms with Gasteiger partial charge in [0, 0.05) is 29.4 Å². The van der Waals surface area contributed by atoms with Crippen LogP contribution in [-0.4, -0.2) is 42.3 Å². The van der Waals surface area contributed by atoms with Crippen molar-refractivity contribution in [2.75, 3.05) is 26.1 Å². The van der Waals surface area contributed by atoms with E-state index < -0.39 is 4.92 Å². The first-order valence-corrected chi connectivity index (χ1v) is 11.7. The van der Waals surface area contributed by atoms with E-state index in [0.717, 1.165) is 16.7 Å². The number of methoxy groups -OCH3 is 2. The number of benzene rings is 2. The van der Waals surface area contributed by atoms with Gasteiger partial charge in [-0.2, -0.15) is 0 Å². The standard InChI is InChI=1S/C27H29N3O6/c1-6-36-24-14-18(30(32)33)8-9-20(24)27(31)29-15-21(17-7-12-23(34-4)25(13-17)35-5)19-10-11-22(16(2)3)28-26(19)29/h7-16,22,28H,6H2,1-5H3. The van der Waals surface area contributed by atoms with E-state index in [0.29, 0.717) is 17.3 Å². The Kier molecular flexibility index (Phi) is 7.00. The summed E-state index contributed by atoms with van der Waals surface area (Å²) in [5.41, 5.74) is 2.61. The Morgan fingerprint density at radius 3 is 2.50 bits per heavy atom. The maximum absolute atomic E-state index is 13.8. The Balaban J connectivity index is 1.88. The van der Waals surface area contributed by atoms with Crippen molar-refractivity contribution in [3.63, 3.8) is 0 Å². The SMILES string of the molecule is CCOc1cc([N+](=O)[O-])ccc1C(=O)n1cc(-c2ccc(OC)c(OC)c2)c2c1NC(C(C)C)C=C2. The highest BCUT2D eigenvalue weighted by Crippen LogP contribution is 2.40. The van der Waals surface area contributed by atoms with Gasteiger partial charge >= 0.3 is 0 Å². The first-order chi connectivity index (χ1) is 17.3. The van der Waals surface area contributed by atoms with Crippen molar-refractivity contribution in [3.05, 3.63) is 69.9 Å². The topological polar surface area (TPSA) is 105 Å². The highest BCUT2D eigenvalue weighted by atomic mass is 16.6. The predicted molar refractivity (Wildman–Crippen MR) is 138 cm³/mol. The molecule has 0 aliphatic carbocycles. The van der Waals surface area contributed by atoms with Gasteiger partial charge in [-0.25, -0.2) is 0 Å². The molecule has 9 nitrogen and oxygen atoms in total. The molecule has 1 atom stereocenters. The molecular formula is C27H29N3O6. The number of nitro groups is 1. The van der Waals surface area contributed by atoms with Gasteiger partial charge in [0.25, 0.3) is 11.6 Å². The molecule has 0 fully saturated rings. The van der Waals surface area contributed by atoms with Crippen molar-refractivity contribution < 1.29 is 23.9 Å². The Bertz CT molecular complexity index is 1340. The van der Waals surface area contributed by atoms with Crippen LogP contribution in [-0.2, 0) is 0 Å². The number of ether oxygens (including phenoxy) is 3. The van der Waals surface area contributed by atoms with Crippen molar-refractivity contribution in [2.24, 2.45) is 5.92 Å². The Hall–Kier alpha value is -4.27. The Labute approximate surface area is 209 Å². The highest BCUT2D eigenvalue weighted by molar-refractivity contribution is 6.03. The second-order valence-corrected chi connectivity index (χ2v) is 8.69. The van der Waals surface area contributed by atoms with E-state index >= 15 is 0 Å². The molecule has 0 saturated carbocycles. The molecule has 4 rings (SSSR count). The molecule has 36 heavy (non-hydrogen) atoms. The van der Waals surface area contributed by atoms with Crippen LogP contribution < -0.4 is 19.5 Å². The molecule has 3 aromatic rings. The number of rotatable bonds is 8. The van der Waals surface area contributed by atoms with Crippen LogP contribution in [0.5, 0.6) is 17.2 Å². The summed E-state index contributed by atoms with van der Waals surface area (Å²) in [4.78, 5) is 24.6. The van der Waals surface area contributed by atoms with Gasteiger partial charge in [0.15, 0.2) is 11.5 Å². The molecule has 2 aromatic carbocycles. The number of hydrogen-bond donors (Lipinski definition) is 1. The summed E-state index contributed by atoms with van der Waals surface area (Å²) in [7, 11) is 3.15. The lowest BCUT2D eigenvalue weighted by Crippen LogP contribution is -2.28. The van der Waals surface area contributed by atoms with E-state index in [1.54, 1.807) is 31.9 Å². The number of nitro benzene ring substituents is 1. The summed E-state index contributed by atoms with van der Waals surface area (Å²) in [6.07, 6.45) is 5.88. The maximum atomic E-state index is 13.8. The number of fused-ring (bicyclic) bond motifs is 1. The molecule has 1 unspecified atom stereocenters. The number of carbonyl (C=O) groups is 1. The number of hydrogen-bond acceptors (Lipinski definition) is 7. The number of anilines is 1. The van der Waals surface area contributed by atoms with Gasteiger partial charge < -0.3 is 19.5 Å². The fourth-order valence-electron chi connectivity index (χ4n) is 4.23. The third-order valence-corrected chi connectivity index (χ3v) is 6.16. The van der Waals surface area contributed by atoms with Gasteiger partial charge in [0.2, 0.25) is 0 Å². The lowest BCUT2D eigenvalue weighted by atomic mass is 9.97. The molecular weight excluding hydrogens is 462 g/mol. The van der Waals surface area contributed by atoms with Gasteiger partial charge in [0.05, 0.1) is 37.4 Å². The van der Waals surface area contributed by atoms with E-state index in [1.165, 1.54) is 18.2 Å². The zero-order valence-electron chi connectivity index (χ0n) is 20.9. The molecule has 1 N–H and O–H groups in total. The van der Waals surface area contributed by atoms with Crippen LogP contribution in [0.15, 0.2) is 48.7 Å². The number of non-ortho nitro benzene ring substituents is 1. The van der Waals surface area contributed by atoms with Crippen LogP contribution in [0.4, 0.5) is 11.5 Å². The number of nitrogens with one attached hydrogen (secondary N) is 1. The second-order valence-electron chi connectivity index (χ2n) is 8.69. The van der Waals surface area contributed by atoms with E-state index in [-0.39, 0.29) is 41.5 Å². The summed E-state index contributed by atoms with van der Waals surface area (Å²) in [6.45, 7) is 6.22. The lowest BCUT2D eigenvalue weighted by Gasteiger charge is -2.25. The average Bonchev–Trinajstić information content (AvgIpc) is 3.26. The molecule has 0 bridgehead atoms. The minimum Gasteiger partial charge on any atom is -0.493 e. The van der Waals surface area contributed by atoms with Gasteiger partial charge in [-0.1, -0.05) is 32.1 Å². The minimum atomic E-state index is -0.511. The number of nitrogens with zero attached hydrogens (tertiary/aromatic N) is 2. The van der Waals surface area contributed by atoms with Crippen LogP contribution in [0.1, 0.15) is 36.7 Å². The smallest absolute Gasteiger partial charge is 0.273 e. The van der Waals surface area contributed by atoms with Gasteiger partial charge in [0.1, 0.15) is 11.6 Å². The second kappa shape index (κ2) is 10.2. The van der Waals surface area contributed by atoms with Crippen molar-refractivity contribution in [2.45, 2.75) is 26.8 Å². The molecule has 0 radical (unpaired) electrons. The third-order valence-electron chi connectivity index (χ3n) is 6.16. The monoisotopic (exact) mass is 491 g/mol. The molecule has 188 valence electrons. The number of aromatic nitrogens is 1. The fourth-order valence-corrected chi connectivity index (χ4v) is 4.23. The summed E-state index contributed by atoms with van der Waals surface area (Å²) < 4.78 is 18.0. The molecule has 0 amide bonds. The molecule has 0 saturated heterocycles. The van der Waals surface area contributed by atoms with Crippen LogP contribution >= 0.6 is 0 Å². The summed E-state index contributed by atoms with van der Waals surface area (Å²) in [5.74, 6) is 1.92. The highest BCUT2D eigenvalue weighted by Gasteiger charge is 2.28. The molecule has 1 aromatic heterocycles. The quantitative estimate of drug-likeness (QED) is 0.322. The summed E-state index contributed by atoms with van der Waals surface area (Å²) in [5, 5.41) is 14.8. The zero-order chi connectivity index (χ0) is 26.0. The molecule has 9 heteroatoms. The van der Waals surface area contributed by atoms with Gasteiger partial charge in [-0.05, 0) is 36.6 Å².